The average Bonchev–Trinajstić information content (AvgIpc) is 3.57. The third-order valence-electron chi connectivity index (χ3n) is 5.75. The first kappa shape index (κ1) is 27.2. The molecule has 0 spiro atoms. The molecule has 1 N–H and O–H groups in total. The van der Waals surface area contributed by atoms with Crippen molar-refractivity contribution in [1.29, 1.82) is 0 Å². The van der Waals surface area contributed by atoms with E-state index in [1.54, 1.807) is 42.1 Å². The van der Waals surface area contributed by atoms with Gasteiger partial charge in [-0.3, -0.25) is 10.1 Å². The van der Waals surface area contributed by atoms with Gasteiger partial charge in [-0.1, -0.05) is 103 Å². The van der Waals surface area contributed by atoms with Gasteiger partial charge in [0.25, 0.3) is 6.04 Å². The lowest BCUT2D eigenvalue weighted by Gasteiger charge is -2.06. The molecule has 3 aromatic rings. The lowest BCUT2D eigenvalue weighted by molar-refractivity contribution is -0.499. The summed E-state index contributed by atoms with van der Waals surface area (Å²) in [6.07, 6.45) is 7.92. The molecule has 2 bridgehead atoms. The van der Waals surface area contributed by atoms with E-state index < -0.39 is 6.04 Å². The van der Waals surface area contributed by atoms with Gasteiger partial charge >= 0.3 is 0 Å². The molecule has 0 amide bonds. The second-order valence-electron chi connectivity index (χ2n) is 8.91. The van der Waals surface area contributed by atoms with E-state index in [4.69, 9.17) is 32.9 Å². The standard InChI is InChI=1S/C21H22Cl2N2OS.C7H5NO2/c1-14(2)20-21(27-18-11-16(22)10-17(23)12-18)25-19(24-20)8-9-26-13-15-6-4-3-5-7-15;9-8(10)7-5-1-2-6(7)4-3-5/h3-7,10-12,14H,8-9,13H2,1-2H3,(H,24,25);1-4,7H. The fourth-order valence-corrected chi connectivity index (χ4v) is 5.74. The fraction of sp³-hybridized carbons (Fsp3) is 0.250. The summed E-state index contributed by atoms with van der Waals surface area (Å²) in [6.45, 7) is 5.53. The van der Waals surface area contributed by atoms with E-state index in [-0.39, 0.29) is 4.92 Å². The first-order valence-corrected chi connectivity index (χ1v) is 13.4. The summed E-state index contributed by atoms with van der Waals surface area (Å²) >= 11 is 13.8. The largest absolute Gasteiger partial charge is 0.376 e. The molecule has 37 heavy (non-hydrogen) atoms. The van der Waals surface area contributed by atoms with E-state index >= 15 is 0 Å². The Balaban J connectivity index is 0.000000265. The monoisotopic (exact) mass is 555 g/mol. The lowest BCUT2D eigenvalue weighted by atomic mass is 10.2. The molecular weight excluding hydrogens is 529 g/mol. The van der Waals surface area contributed by atoms with E-state index in [1.807, 2.05) is 30.3 Å². The molecule has 0 unspecified atom stereocenters. The summed E-state index contributed by atoms with van der Waals surface area (Å²) in [4.78, 5) is 19.3. The van der Waals surface area contributed by atoms with Crippen LogP contribution < -0.4 is 0 Å². The summed E-state index contributed by atoms with van der Waals surface area (Å²) in [7, 11) is 0. The molecule has 2 aliphatic carbocycles. The van der Waals surface area contributed by atoms with Gasteiger partial charge in [0.15, 0.2) is 0 Å². The van der Waals surface area contributed by atoms with Crippen LogP contribution in [0.3, 0.4) is 0 Å². The predicted molar refractivity (Wildman–Crippen MR) is 149 cm³/mol. The number of imidazole rings is 1. The summed E-state index contributed by atoms with van der Waals surface area (Å²) in [5.41, 5.74) is 3.91. The van der Waals surface area contributed by atoms with Crippen molar-refractivity contribution in [2.75, 3.05) is 6.61 Å². The van der Waals surface area contributed by atoms with Crippen molar-refractivity contribution in [2.45, 2.75) is 48.8 Å². The molecular formula is C28H27Cl2N3O3S. The van der Waals surface area contributed by atoms with Crippen LogP contribution in [0, 0.1) is 10.1 Å². The molecule has 0 saturated carbocycles. The minimum absolute atomic E-state index is 0.259. The Morgan fingerprint density at radius 1 is 1.08 bits per heavy atom. The molecule has 6 nitrogen and oxygen atoms in total. The second-order valence-corrected chi connectivity index (χ2v) is 10.8. The third-order valence-corrected chi connectivity index (χ3v) is 7.16. The maximum atomic E-state index is 10.3. The van der Waals surface area contributed by atoms with Gasteiger partial charge in [0, 0.05) is 37.4 Å². The number of hydrogen-bond acceptors (Lipinski definition) is 5. The molecule has 1 aromatic heterocycles. The Morgan fingerprint density at radius 2 is 1.73 bits per heavy atom. The Morgan fingerprint density at radius 3 is 2.27 bits per heavy atom. The quantitative estimate of drug-likeness (QED) is 0.165. The molecule has 0 saturated heterocycles. The number of ether oxygens (including phenoxy) is 1. The van der Waals surface area contributed by atoms with Crippen LogP contribution in [0.1, 0.15) is 36.8 Å². The third kappa shape index (κ3) is 7.36. The van der Waals surface area contributed by atoms with Crippen LogP contribution in [0.5, 0.6) is 0 Å². The molecule has 2 aliphatic rings. The molecule has 2 aromatic carbocycles. The van der Waals surface area contributed by atoms with Gasteiger partial charge in [-0.25, -0.2) is 4.98 Å². The number of allylic oxidation sites excluding steroid dienone is 2. The maximum absolute atomic E-state index is 10.3. The van der Waals surface area contributed by atoms with Gasteiger partial charge in [0.2, 0.25) is 0 Å². The van der Waals surface area contributed by atoms with Gasteiger partial charge in [0.05, 0.1) is 18.9 Å². The minimum Gasteiger partial charge on any atom is -0.376 e. The number of benzene rings is 2. The summed E-state index contributed by atoms with van der Waals surface area (Å²) < 4.78 is 5.78. The topological polar surface area (TPSA) is 81.0 Å². The Labute approximate surface area is 230 Å². The number of nitrogens with one attached hydrogen (secondary N) is 1. The van der Waals surface area contributed by atoms with Gasteiger partial charge in [-0.15, -0.1) is 0 Å². The van der Waals surface area contributed by atoms with E-state index in [0.29, 0.717) is 29.2 Å². The lowest BCUT2D eigenvalue weighted by Crippen LogP contribution is -2.16. The van der Waals surface area contributed by atoms with Crippen molar-refractivity contribution in [1.82, 2.24) is 9.97 Å². The molecule has 1 heterocycles. The zero-order chi connectivity index (χ0) is 26.4. The Hall–Kier alpha value is -2.84. The number of hydrogen-bond donors (Lipinski definition) is 1. The normalized spacial score (nSPS) is 14.0. The minimum atomic E-state index is -0.556. The number of halogens is 2. The van der Waals surface area contributed by atoms with Gasteiger partial charge in [-0.05, 0) is 29.7 Å². The van der Waals surface area contributed by atoms with Gasteiger partial charge < -0.3 is 9.72 Å². The highest BCUT2D eigenvalue weighted by Gasteiger charge is 2.34. The Kier molecular flexibility index (Phi) is 9.27. The molecule has 0 fully saturated rings. The fourth-order valence-electron chi connectivity index (χ4n) is 3.94. The molecule has 5 rings (SSSR count). The average molecular weight is 557 g/mol. The molecule has 0 atom stereocenters. The first-order valence-electron chi connectivity index (χ1n) is 11.9. The molecule has 0 aliphatic heterocycles. The number of aromatic amines is 1. The van der Waals surface area contributed by atoms with Crippen molar-refractivity contribution >= 4 is 35.0 Å². The van der Waals surface area contributed by atoms with E-state index in [2.05, 4.69) is 31.0 Å². The number of nitro groups is 1. The highest BCUT2D eigenvalue weighted by molar-refractivity contribution is 7.99. The van der Waals surface area contributed by atoms with Crippen molar-refractivity contribution in [3.8, 4) is 0 Å². The van der Waals surface area contributed by atoms with E-state index in [0.717, 1.165) is 39.0 Å². The van der Waals surface area contributed by atoms with Crippen LogP contribution in [0.4, 0.5) is 0 Å². The second kappa shape index (κ2) is 12.6. The van der Waals surface area contributed by atoms with Crippen LogP contribution >= 0.6 is 35.0 Å². The molecule has 192 valence electrons. The van der Waals surface area contributed by atoms with Crippen LogP contribution in [0.15, 0.2) is 93.9 Å². The van der Waals surface area contributed by atoms with Gasteiger partial charge in [0.1, 0.15) is 10.9 Å². The number of rotatable bonds is 9. The van der Waals surface area contributed by atoms with Crippen LogP contribution in [0.2, 0.25) is 10.0 Å². The van der Waals surface area contributed by atoms with Crippen molar-refractivity contribution < 1.29 is 9.66 Å². The van der Waals surface area contributed by atoms with Crippen molar-refractivity contribution in [3.63, 3.8) is 0 Å². The molecule has 0 radical (unpaired) electrons. The Bertz CT molecular complexity index is 1310. The number of aromatic nitrogens is 2. The van der Waals surface area contributed by atoms with Crippen LogP contribution in [0.25, 0.3) is 0 Å². The first-order chi connectivity index (χ1) is 17.8. The van der Waals surface area contributed by atoms with E-state index in [1.165, 1.54) is 5.56 Å². The maximum Gasteiger partial charge on any atom is 0.263 e. The smallest absolute Gasteiger partial charge is 0.263 e. The molecule has 9 heteroatoms. The predicted octanol–water partition coefficient (Wildman–Crippen LogP) is 7.82. The SMILES string of the molecule is CC(C)c1[nH]c(CCOCc2ccccc2)nc1Sc1cc(Cl)cc(Cl)c1.O=[N+]([O-])C1C2=CC=C1C=C2. The van der Waals surface area contributed by atoms with Crippen LogP contribution in [-0.4, -0.2) is 27.5 Å². The van der Waals surface area contributed by atoms with Crippen LogP contribution in [-0.2, 0) is 17.8 Å². The summed E-state index contributed by atoms with van der Waals surface area (Å²) in [6, 6.07) is 15.2. The number of fused-ring (bicyclic) bond motifs is 2. The summed E-state index contributed by atoms with van der Waals surface area (Å²) in [5, 5.41) is 12.6. The van der Waals surface area contributed by atoms with Gasteiger partial charge in [-0.2, -0.15) is 0 Å². The zero-order valence-corrected chi connectivity index (χ0v) is 22.8. The highest BCUT2D eigenvalue weighted by Crippen LogP contribution is 2.35. The number of nitrogens with zero attached hydrogens (tertiary/aromatic N) is 2. The van der Waals surface area contributed by atoms with Crippen molar-refractivity contribution in [2.24, 2.45) is 0 Å². The summed E-state index contributed by atoms with van der Waals surface area (Å²) in [5.74, 6) is 1.27. The highest BCUT2D eigenvalue weighted by atomic mass is 35.5. The number of H-pyrrole nitrogens is 1. The van der Waals surface area contributed by atoms with E-state index in [9.17, 15) is 10.1 Å². The van der Waals surface area contributed by atoms with Crippen molar-refractivity contribution in [3.05, 3.63) is 121 Å². The zero-order valence-electron chi connectivity index (χ0n) is 20.5.